The van der Waals surface area contributed by atoms with Crippen LogP contribution in [-0.2, 0) is 9.47 Å². The number of rotatable bonds is 4. The SMILES string of the molecule is COC1(CNC(=O)c2cccc(Br)c2Cl)CCOC1. The van der Waals surface area contributed by atoms with E-state index < -0.39 is 5.60 Å². The fourth-order valence-corrected chi connectivity index (χ4v) is 2.55. The molecule has 1 aromatic carbocycles. The summed E-state index contributed by atoms with van der Waals surface area (Å²) in [5.41, 5.74) is 0.0231. The van der Waals surface area contributed by atoms with Gasteiger partial charge in [-0.1, -0.05) is 17.7 Å². The Morgan fingerprint density at radius 3 is 3.05 bits per heavy atom. The molecule has 4 nitrogen and oxygen atoms in total. The van der Waals surface area contributed by atoms with E-state index in [-0.39, 0.29) is 5.91 Å². The molecule has 1 unspecified atom stereocenters. The molecule has 1 amide bonds. The summed E-state index contributed by atoms with van der Waals surface area (Å²) in [7, 11) is 1.63. The molecule has 1 saturated heterocycles. The Bertz CT molecular complexity index is 475. The minimum atomic E-state index is -0.422. The first-order chi connectivity index (χ1) is 9.08. The van der Waals surface area contributed by atoms with Crippen LogP contribution < -0.4 is 5.32 Å². The van der Waals surface area contributed by atoms with E-state index in [0.717, 1.165) is 6.42 Å². The highest BCUT2D eigenvalue weighted by Gasteiger charge is 2.35. The lowest BCUT2D eigenvalue weighted by Crippen LogP contribution is -2.45. The molecule has 0 saturated carbocycles. The summed E-state index contributed by atoms with van der Waals surface area (Å²) in [5.74, 6) is -0.213. The number of hydrogen-bond acceptors (Lipinski definition) is 3. The van der Waals surface area contributed by atoms with Gasteiger partial charge in [-0.3, -0.25) is 4.79 Å². The average molecular weight is 349 g/mol. The third-order valence-corrected chi connectivity index (χ3v) is 4.56. The Labute approximate surface area is 125 Å². The summed E-state index contributed by atoms with van der Waals surface area (Å²) in [5, 5.41) is 3.26. The smallest absolute Gasteiger partial charge is 0.252 e. The summed E-state index contributed by atoms with van der Waals surface area (Å²) in [6.45, 7) is 1.56. The van der Waals surface area contributed by atoms with Crippen LogP contribution in [0.3, 0.4) is 0 Å². The Hall–Kier alpha value is -0.620. The predicted octanol–water partition coefficient (Wildman–Crippen LogP) is 2.64. The number of benzene rings is 1. The number of methoxy groups -OCH3 is 1. The van der Waals surface area contributed by atoms with Gasteiger partial charge in [0.05, 0.1) is 17.2 Å². The van der Waals surface area contributed by atoms with Crippen molar-refractivity contribution in [1.82, 2.24) is 5.32 Å². The van der Waals surface area contributed by atoms with Crippen molar-refractivity contribution in [3.63, 3.8) is 0 Å². The van der Waals surface area contributed by atoms with Crippen LogP contribution in [0.5, 0.6) is 0 Å². The lowest BCUT2D eigenvalue weighted by atomic mass is 10.0. The van der Waals surface area contributed by atoms with Crippen LogP contribution in [-0.4, -0.2) is 38.4 Å². The van der Waals surface area contributed by atoms with Crippen LogP contribution in [0, 0.1) is 0 Å². The molecule has 1 atom stereocenters. The first-order valence-electron chi connectivity index (χ1n) is 5.93. The first-order valence-corrected chi connectivity index (χ1v) is 7.10. The van der Waals surface area contributed by atoms with E-state index in [4.69, 9.17) is 21.1 Å². The number of hydrogen-bond donors (Lipinski definition) is 1. The zero-order chi connectivity index (χ0) is 13.9. The summed E-state index contributed by atoms with van der Waals surface area (Å²) in [6.07, 6.45) is 0.774. The summed E-state index contributed by atoms with van der Waals surface area (Å²) in [6, 6.07) is 5.25. The van der Waals surface area contributed by atoms with Gasteiger partial charge in [0.15, 0.2) is 0 Å². The van der Waals surface area contributed by atoms with E-state index in [0.29, 0.717) is 34.8 Å². The molecule has 1 heterocycles. The van der Waals surface area contributed by atoms with Crippen LogP contribution in [0.4, 0.5) is 0 Å². The average Bonchev–Trinajstić information content (AvgIpc) is 2.89. The van der Waals surface area contributed by atoms with Gasteiger partial charge in [0.2, 0.25) is 0 Å². The van der Waals surface area contributed by atoms with Gasteiger partial charge in [0, 0.05) is 31.2 Å². The molecule has 0 bridgehead atoms. The van der Waals surface area contributed by atoms with Crippen LogP contribution >= 0.6 is 27.5 Å². The molecule has 1 N–H and O–H groups in total. The van der Waals surface area contributed by atoms with Gasteiger partial charge in [-0.15, -0.1) is 0 Å². The van der Waals surface area contributed by atoms with Gasteiger partial charge in [-0.2, -0.15) is 0 Å². The molecule has 0 spiro atoms. The highest BCUT2D eigenvalue weighted by atomic mass is 79.9. The molecule has 0 aromatic heterocycles. The standard InChI is InChI=1S/C13H15BrClNO3/c1-18-13(5-6-19-8-13)7-16-12(17)9-3-2-4-10(14)11(9)15/h2-4H,5-8H2,1H3,(H,16,17). The molecule has 1 aliphatic heterocycles. The number of carbonyl (C=O) groups excluding carboxylic acids is 1. The van der Waals surface area contributed by atoms with Crippen LogP contribution in [0.1, 0.15) is 16.8 Å². The summed E-state index contributed by atoms with van der Waals surface area (Å²) in [4.78, 5) is 12.1. The Morgan fingerprint density at radius 2 is 2.42 bits per heavy atom. The first kappa shape index (κ1) is 14.8. The van der Waals surface area contributed by atoms with E-state index in [1.807, 2.05) is 0 Å². The quantitative estimate of drug-likeness (QED) is 0.910. The maximum Gasteiger partial charge on any atom is 0.252 e. The van der Waals surface area contributed by atoms with Gasteiger partial charge >= 0.3 is 0 Å². The fraction of sp³-hybridized carbons (Fsp3) is 0.462. The van der Waals surface area contributed by atoms with E-state index >= 15 is 0 Å². The highest BCUT2D eigenvalue weighted by Crippen LogP contribution is 2.26. The Balaban J connectivity index is 2.03. The molecule has 6 heteroatoms. The molecular weight excluding hydrogens is 334 g/mol. The lowest BCUT2D eigenvalue weighted by molar-refractivity contribution is -0.0148. The van der Waals surface area contributed by atoms with Gasteiger partial charge in [-0.25, -0.2) is 0 Å². The predicted molar refractivity (Wildman–Crippen MR) is 76.7 cm³/mol. The number of ether oxygens (including phenoxy) is 2. The van der Waals surface area contributed by atoms with E-state index in [1.165, 1.54) is 0 Å². The molecule has 1 aliphatic rings. The molecule has 0 aliphatic carbocycles. The van der Waals surface area contributed by atoms with Gasteiger partial charge in [-0.05, 0) is 28.1 Å². The lowest BCUT2D eigenvalue weighted by Gasteiger charge is -2.25. The fourth-order valence-electron chi connectivity index (χ4n) is 1.98. The van der Waals surface area contributed by atoms with Gasteiger partial charge in [0.1, 0.15) is 5.60 Å². The van der Waals surface area contributed by atoms with Crippen LogP contribution in [0.15, 0.2) is 22.7 Å². The maximum atomic E-state index is 12.1. The molecular formula is C13H15BrClNO3. The number of carbonyl (C=O) groups is 1. The minimum Gasteiger partial charge on any atom is -0.378 e. The minimum absolute atomic E-state index is 0.213. The topological polar surface area (TPSA) is 47.6 Å². The second kappa shape index (κ2) is 6.22. The highest BCUT2D eigenvalue weighted by molar-refractivity contribution is 9.10. The third kappa shape index (κ3) is 3.28. The summed E-state index contributed by atoms with van der Waals surface area (Å²) >= 11 is 9.39. The van der Waals surface area contributed by atoms with Crippen molar-refractivity contribution >= 4 is 33.4 Å². The molecule has 2 rings (SSSR count). The number of halogens is 2. The largest absolute Gasteiger partial charge is 0.378 e. The van der Waals surface area contributed by atoms with Crippen molar-refractivity contribution < 1.29 is 14.3 Å². The zero-order valence-corrected chi connectivity index (χ0v) is 12.9. The van der Waals surface area contributed by atoms with Crippen molar-refractivity contribution in [2.75, 3.05) is 26.9 Å². The molecule has 0 radical (unpaired) electrons. The molecule has 19 heavy (non-hydrogen) atoms. The van der Waals surface area contributed by atoms with Crippen molar-refractivity contribution in [3.8, 4) is 0 Å². The van der Waals surface area contributed by atoms with Crippen molar-refractivity contribution in [3.05, 3.63) is 33.3 Å². The van der Waals surface area contributed by atoms with Crippen LogP contribution in [0.2, 0.25) is 5.02 Å². The third-order valence-electron chi connectivity index (χ3n) is 3.27. The van der Waals surface area contributed by atoms with Gasteiger partial charge < -0.3 is 14.8 Å². The monoisotopic (exact) mass is 347 g/mol. The van der Waals surface area contributed by atoms with Crippen LogP contribution in [0.25, 0.3) is 0 Å². The normalized spacial score (nSPS) is 22.5. The molecule has 1 aromatic rings. The van der Waals surface area contributed by atoms with E-state index in [1.54, 1.807) is 25.3 Å². The van der Waals surface area contributed by atoms with Gasteiger partial charge in [0.25, 0.3) is 5.91 Å². The Morgan fingerprint density at radius 1 is 1.63 bits per heavy atom. The Kier molecular flexibility index (Phi) is 4.84. The maximum absolute atomic E-state index is 12.1. The second-order valence-corrected chi connectivity index (χ2v) is 5.71. The van der Waals surface area contributed by atoms with Crippen molar-refractivity contribution in [1.29, 1.82) is 0 Å². The number of amides is 1. The zero-order valence-electron chi connectivity index (χ0n) is 10.5. The summed E-state index contributed by atoms with van der Waals surface area (Å²) < 4.78 is 11.5. The second-order valence-electron chi connectivity index (χ2n) is 4.47. The molecule has 104 valence electrons. The van der Waals surface area contributed by atoms with E-state index in [9.17, 15) is 4.79 Å². The van der Waals surface area contributed by atoms with Crippen molar-refractivity contribution in [2.45, 2.75) is 12.0 Å². The van der Waals surface area contributed by atoms with Crippen molar-refractivity contribution in [2.24, 2.45) is 0 Å². The number of nitrogens with one attached hydrogen (secondary N) is 1. The molecule has 1 fully saturated rings. The van der Waals surface area contributed by atoms with E-state index in [2.05, 4.69) is 21.2 Å².